The summed E-state index contributed by atoms with van der Waals surface area (Å²) < 4.78 is 40.6. The Morgan fingerprint density at radius 1 is 1.17 bits per heavy atom. The van der Waals surface area contributed by atoms with Gasteiger partial charge in [-0.2, -0.15) is 5.10 Å². The van der Waals surface area contributed by atoms with E-state index in [2.05, 4.69) is 20.4 Å². The molecule has 29 heavy (non-hydrogen) atoms. The molecule has 0 bridgehead atoms. The van der Waals surface area contributed by atoms with Crippen LogP contribution in [0.15, 0.2) is 30.9 Å². The molecule has 0 amide bonds. The molecule has 3 aromatic rings. The van der Waals surface area contributed by atoms with Gasteiger partial charge in [-0.15, -0.1) is 0 Å². The average molecular weight is 405 g/mol. The van der Waals surface area contributed by atoms with E-state index in [1.165, 1.54) is 32.5 Å². The number of halogens is 2. The van der Waals surface area contributed by atoms with E-state index in [4.69, 9.17) is 14.6 Å². The molecule has 10 heteroatoms. The molecule has 0 atom stereocenters. The molecule has 0 saturated heterocycles. The average Bonchev–Trinajstić information content (AvgIpc) is 3.17. The number of hydrogen-bond donors (Lipinski definition) is 2. The number of methoxy groups -OCH3 is 1. The summed E-state index contributed by atoms with van der Waals surface area (Å²) in [6.45, 7) is 1.89. The maximum Gasteiger partial charge on any atom is 0.227 e. The lowest BCUT2D eigenvalue weighted by Gasteiger charge is -2.12. The van der Waals surface area contributed by atoms with Gasteiger partial charge in [0.2, 0.25) is 5.95 Å². The van der Waals surface area contributed by atoms with Gasteiger partial charge in [0.05, 0.1) is 37.0 Å². The normalized spacial score (nSPS) is 10.8. The van der Waals surface area contributed by atoms with Crippen LogP contribution in [-0.2, 0) is 13.2 Å². The van der Waals surface area contributed by atoms with Crippen molar-refractivity contribution in [3.05, 3.63) is 53.6 Å². The van der Waals surface area contributed by atoms with Crippen LogP contribution in [0, 0.1) is 18.6 Å². The third-order valence-corrected chi connectivity index (χ3v) is 4.11. The van der Waals surface area contributed by atoms with Gasteiger partial charge in [0.15, 0.2) is 17.3 Å². The quantitative estimate of drug-likeness (QED) is 0.565. The number of rotatable bonds is 9. The van der Waals surface area contributed by atoms with Crippen LogP contribution in [0.4, 0.5) is 20.4 Å². The maximum atomic E-state index is 14.3. The minimum absolute atomic E-state index is 0.0437. The number of nitrogens with one attached hydrogen (secondary N) is 1. The van der Waals surface area contributed by atoms with Crippen molar-refractivity contribution in [2.75, 3.05) is 19.0 Å². The Morgan fingerprint density at radius 2 is 1.93 bits per heavy atom. The van der Waals surface area contributed by atoms with Gasteiger partial charge >= 0.3 is 0 Å². The topological polar surface area (TPSA) is 94.3 Å². The van der Waals surface area contributed by atoms with Gasteiger partial charge < -0.3 is 19.9 Å². The summed E-state index contributed by atoms with van der Waals surface area (Å²) in [6.07, 6.45) is 6.78. The molecule has 2 aromatic heterocycles. The monoisotopic (exact) mass is 405 g/mol. The van der Waals surface area contributed by atoms with Crippen LogP contribution in [0.25, 0.3) is 0 Å². The molecule has 2 heterocycles. The second-order valence-electron chi connectivity index (χ2n) is 6.23. The van der Waals surface area contributed by atoms with Crippen LogP contribution in [0.1, 0.15) is 17.5 Å². The lowest BCUT2D eigenvalue weighted by molar-refractivity contribution is 0.277. The van der Waals surface area contributed by atoms with E-state index in [0.717, 1.165) is 0 Å². The second kappa shape index (κ2) is 9.28. The number of aromatic nitrogens is 4. The fourth-order valence-corrected chi connectivity index (χ4v) is 2.60. The zero-order valence-corrected chi connectivity index (χ0v) is 16.0. The van der Waals surface area contributed by atoms with Gasteiger partial charge in [-0.05, 0) is 25.0 Å². The molecular formula is C19H21F2N5O3. The minimum atomic E-state index is -0.798. The van der Waals surface area contributed by atoms with Gasteiger partial charge in [-0.25, -0.2) is 18.7 Å². The van der Waals surface area contributed by atoms with Crippen LogP contribution in [0.3, 0.4) is 0 Å². The van der Waals surface area contributed by atoms with Crippen LogP contribution < -0.4 is 14.8 Å². The molecule has 8 nitrogen and oxygen atoms in total. The molecule has 0 spiro atoms. The third-order valence-electron chi connectivity index (χ3n) is 4.11. The number of aryl methyl sites for hydroxylation is 2. The van der Waals surface area contributed by atoms with Crippen molar-refractivity contribution in [1.29, 1.82) is 0 Å². The van der Waals surface area contributed by atoms with Crippen molar-refractivity contribution >= 4 is 11.6 Å². The van der Waals surface area contributed by atoms with Gasteiger partial charge in [0.1, 0.15) is 12.4 Å². The van der Waals surface area contributed by atoms with Crippen molar-refractivity contribution in [3.63, 3.8) is 0 Å². The number of aliphatic hydroxyl groups excluding tert-OH is 1. The van der Waals surface area contributed by atoms with Crippen LogP contribution >= 0.6 is 0 Å². The lowest BCUT2D eigenvalue weighted by Crippen LogP contribution is -2.06. The third kappa shape index (κ3) is 4.96. The highest BCUT2D eigenvalue weighted by atomic mass is 19.1. The van der Waals surface area contributed by atoms with Gasteiger partial charge in [-0.1, -0.05) is 0 Å². The molecule has 0 aliphatic carbocycles. The Hall–Kier alpha value is -3.27. The van der Waals surface area contributed by atoms with E-state index < -0.39 is 11.6 Å². The highest BCUT2D eigenvalue weighted by Crippen LogP contribution is 2.27. The van der Waals surface area contributed by atoms with Crippen molar-refractivity contribution in [2.45, 2.75) is 26.5 Å². The molecule has 2 N–H and O–H groups in total. The summed E-state index contributed by atoms with van der Waals surface area (Å²) in [5.41, 5.74) is 0.726. The van der Waals surface area contributed by atoms with E-state index in [0.29, 0.717) is 24.6 Å². The first kappa shape index (κ1) is 20.5. The van der Waals surface area contributed by atoms with Gasteiger partial charge in [0, 0.05) is 19.3 Å². The molecular weight excluding hydrogens is 384 g/mol. The highest BCUT2D eigenvalue weighted by Gasteiger charge is 2.18. The van der Waals surface area contributed by atoms with E-state index in [1.54, 1.807) is 17.1 Å². The SMILES string of the molecule is COc1cc(C)c(F)c(COc2cnc(Nc3cnn(CCCO)c3)nc2)c1F. The van der Waals surface area contributed by atoms with Crippen molar-refractivity contribution in [1.82, 2.24) is 19.7 Å². The van der Waals surface area contributed by atoms with Crippen LogP contribution in [0.5, 0.6) is 11.5 Å². The van der Waals surface area contributed by atoms with E-state index >= 15 is 0 Å². The smallest absolute Gasteiger partial charge is 0.227 e. The Morgan fingerprint density at radius 3 is 2.62 bits per heavy atom. The predicted octanol–water partition coefficient (Wildman–Crippen LogP) is 2.97. The molecule has 0 aliphatic heterocycles. The van der Waals surface area contributed by atoms with Gasteiger partial charge in [0.25, 0.3) is 0 Å². The Labute approximate surface area is 166 Å². The van der Waals surface area contributed by atoms with Crippen LogP contribution in [0.2, 0.25) is 0 Å². The summed E-state index contributed by atoms with van der Waals surface area (Å²) in [7, 11) is 1.32. The second-order valence-corrected chi connectivity index (χ2v) is 6.23. The number of nitrogens with zero attached hydrogens (tertiary/aromatic N) is 4. The van der Waals surface area contributed by atoms with Crippen molar-refractivity contribution < 1.29 is 23.4 Å². The first-order chi connectivity index (χ1) is 14.0. The number of hydrogen-bond acceptors (Lipinski definition) is 7. The fraction of sp³-hybridized carbons (Fsp3) is 0.316. The van der Waals surface area contributed by atoms with E-state index in [1.807, 2.05) is 0 Å². The molecule has 0 fully saturated rings. The summed E-state index contributed by atoms with van der Waals surface area (Å²) in [4.78, 5) is 8.23. The first-order valence-electron chi connectivity index (χ1n) is 8.88. The molecule has 154 valence electrons. The summed E-state index contributed by atoms with van der Waals surface area (Å²) in [5, 5.41) is 16.0. The first-order valence-corrected chi connectivity index (χ1v) is 8.88. The number of aliphatic hydroxyl groups is 1. The summed E-state index contributed by atoms with van der Waals surface area (Å²) in [5.74, 6) is -0.950. The van der Waals surface area contributed by atoms with E-state index in [9.17, 15) is 8.78 Å². The largest absolute Gasteiger partial charge is 0.494 e. The summed E-state index contributed by atoms with van der Waals surface area (Å²) in [6, 6.07) is 1.30. The Bertz CT molecular complexity index is 963. The fourth-order valence-electron chi connectivity index (χ4n) is 2.60. The number of benzene rings is 1. The van der Waals surface area contributed by atoms with Gasteiger partial charge in [-0.3, -0.25) is 4.68 Å². The predicted molar refractivity (Wildman–Crippen MR) is 101 cm³/mol. The molecule has 0 aliphatic rings. The molecule has 3 rings (SSSR count). The zero-order valence-electron chi connectivity index (χ0n) is 16.0. The zero-order chi connectivity index (χ0) is 20.8. The van der Waals surface area contributed by atoms with E-state index in [-0.39, 0.29) is 35.8 Å². The standard InChI is InChI=1S/C19H21F2N5O3/c1-12-6-16(28-2)18(21)15(17(12)20)11-29-14-8-22-19(23-9-14)25-13-7-24-26(10-13)4-3-5-27/h6-10,27H,3-5,11H2,1-2H3,(H,22,23,25). The number of ether oxygens (including phenoxy) is 2. The Balaban J connectivity index is 1.63. The molecule has 0 unspecified atom stereocenters. The van der Waals surface area contributed by atoms with Crippen molar-refractivity contribution in [3.8, 4) is 11.5 Å². The summed E-state index contributed by atoms with van der Waals surface area (Å²) >= 11 is 0. The molecule has 0 radical (unpaired) electrons. The maximum absolute atomic E-state index is 14.3. The Kier molecular flexibility index (Phi) is 6.55. The molecule has 1 aromatic carbocycles. The van der Waals surface area contributed by atoms with Crippen molar-refractivity contribution in [2.24, 2.45) is 0 Å². The minimum Gasteiger partial charge on any atom is -0.494 e. The number of anilines is 2. The lowest BCUT2D eigenvalue weighted by atomic mass is 10.1. The highest BCUT2D eigenvalue weighted by molar-refractivity contribution is 5.50. The van der Waals surface area contributed by atoms with Crippen LogP contribution in [-0.4, -0.2) is 38.6 Å². The molecule has 0 saturated carbocycles.